The van der Waals surface area contributed by atoms with E-state index < -0.39 is 41.7 Å². The summed E-state index contributed by atoms with van der Waals surface area (Å²) in [7, 11) is 0. The van der Waals surface area contributed by atoms with Gasteiger partial charge in [0.25, 0.3) is 0 Å². The monoisotopic (exact) mass is 1060 g/mol. The standard InChI is InChI=1S/C60H84N6O11/c1-15-18-20-40(17-3)34-74-50(68)46-30-29-45(32-48(46)67)63-57-65-55(61-43-25-21-41(22-26-43)31-47(52(70)75-35-58(6,7)8)51(69)73-33-38(4)19-16-2)64-56(66-57)62-44-27-23-42(24-28-44)39(5)49(53(71)76-36-59(9,10)11)54(72)77-37-60(12,13)14/h21-32,38-40,49,67H,15-20,33-37H2,1-14H3,(H3,61,62,63,64,65,66)/b47-31+. The number of aromatic nitrogens is 3. The first-order chi connectivity index (χ1) is 36.2. The number of carbonyl (C=O) groups is 5. The second-order valence-corrected chi connectivity index (χ2v) is 23.5. The van der Waals surface area contributed by atoms with Crippen molar-refractivity contribution in [3.05, 3.63) is 89.0 Å². The first-order valence-corrected chi connectivity index (χ1v) is 26.8. The molecule has 17 heteroatoms. The lowest BCUT2D eigenvalue weighted by Crippen LogP contribution is -2.35. The Hall–Kier alpha value is -7.04. The minimum absolute atomic E-state index is 0.0135. The lowest BCUT2D eigenvalue weighted by Gasteiger charge is -2.26. The molecule has 4 aromatic rings. The summed E-state index contributed by atoms with van der Waals surface area (Å²) in [4.78, 5) is 80.6. The van der Waals surface area contributed by atoms with Gasteiger partial charge in [-0.25, -0.2) is 14.4 Å². The van der Waals surface area contributed by atoms with E-state index in [-0.39, 0.29) is 95.8 Å². The molecule has 0 spiro atoms. The summed E-state index contributed by atoms with van der Waals surface area (Å²) < 4.78 is 28.0. The number of aromatic hydroxyl groups is 1. The summed E-state index contributed by atoms with van der Waals surface area (Å²) in [5, 5.41) is 20.5. The molecule has 0 radical (unpaired) electrons. The topological polar surface area (TPSA) is 226 Å². The van der Waals surface area contributed by atoms with Gasteiger partial charge in [-0.1, -0.05) is 147 Å². The molecule has 0 aliphatic carbocycles. The molecule has 3 unspecified atom stereocenters. The van der Waals surface area contributed by atoms with E-state index in [4.69, 9.17) is 23.7 Å². The summed E-state index contributed by atoms with van der Waals surface area (Å²) in [6.45, 7) is 28.2. The summed E-state index contributed by atoms with van der Waals surface area (Å²) in [5.41, 5.74) is 1.47. The third-order valence-electron chi connectivity index (χ3n) is 11.9. The van der Waals surface area contributed by atoms with Crippen molar-refractivity contribution in [1.29, 1.82) is 0 Å². The average Bonchev–Trinajstić information content (AvgIpc) is 3.35. The SMILES string of the molecule is CCCCC(CC)COC(=O)c1ccc(Nc2nc(Nc3ccc(/C=C(\C(=O)OCC(C)CCC)C(=O)OCC(C)(C)C)cc3)nc(Nc3ccc(C(C)C(C(=O)OCC(C)(C)C)C(=O)OCC(C)(C)C)cc3)n2)cc1O. The lowest BCUT2D eigenvalue weighted by atomic mass is 9.87. The fourth-order valence-electron chi connectivity index (χ4n) is 7.47. The smallest absolute Gasteiger partial charge is 0.345 e. The molecule has 3 aromatic carbocycles. The second kappa shape index (κ2) is 28.9. The molecule has 77 heavy (non-hydrogen) atoms. The summed E-state index contributed by atoms with van der Waals surface area (Å²) in [6.07, 6.45) is 7.13. The van der Waals surface area contributed by atoms with Crippen LogP contribution in [0.3, 0.4) is 0 Å². The molecule has 420 valence electrons. The van der Waals surface area contributed by atoms with Crippen molar-refractivity contribution < 1.29 is 52.8 Å². The molecule has 0 aliphatic heterocycles. The average molecular weight is 1070 g/mol. The zero-order chi connectivity index (χ0) is 57.1. The van der Waals surface area contributed by atoms with Crippen LogP contribution in [0.5, 0.6) is 5.75 Å². The van der Waals surface area contributed by atoms with Gasteiger partial charge in [-0.2, -0.15) is 15.0 Å². The highest BCUT2D eigenvalue weighted by atomic mass is 16.6. The quantitative estimate of drug-likeness (QED) is 0.0143. The highest BCUT2D eigenvalue weighted by Gasteiger charge is 2.37. The van der Waals surface area contributed by atoms with Crippen molar-refractivity contribution in [3.63, 3.8) is 0 Å². The van der Waals surface area contributed by atoms with E-state index in [0.717, 1.165) is 38.5 Å². The molecule has 0 amide bonds. The van der Waals surface area contributed by atoms with E-state index in [9.17, 15) is 29.1 Å². The fraction of sp³-hybridized carbons (Fsp3) is 0.533. The predicted molar refractivity (Wildman–Crippen MR) is 300 cm³/mol. The van der Waals surface area contributed by atoms with E-state index in [1.54, 1.807) is 61.5 Å². The molecular formula is C60H84N6O11. The highest BCUT2D eigenvalue weighted by molar-refractivity contribution is 6.17. The van der Waals surface area contributed by atoms with E-state index >= 15 is 0 Å². The van der Waals surface area contributed by atoms with Crippen molar-refractivity contribution >= 4 is 70.8 Å². The molecule has 3 atom stereocenters. The maximum absolute atomic E-state index is 13.5. The molecule has 0 bridgehead atoms. The van der Waals surface area contributed by atoms with Crippen molar-refractivity contribution in [2.75, 3.05) is 49.0 Å². The van der Waals surface area contributed by atoms with Crippen LogP contribution < -0.4 is 16.0 Å². The number of rotatable bonds is 27. The van der Waals surface area contributed by atoms with Crippen LogP contribution in [0.2, 0.25) is 0 Å². The Morgan fingerprint density at radius 2 is 1.06 bits per heavy atom. The van der Waals surface area contributed by atoms with Crippen molar-refractivity contribution in [3.8, 4) is 5.75 Å². The van der Waals surface area contributed by atoms with Gasteiger partial charge in [0.1, 0.15) is 16.9 Å². The van der Waals surface area contributed by atoms with Crippen molar-refractivity contribution in [1.82, 2.24) is 15.0 Å². The Kier molecular flexibility index (Phi) is 23.5. The molecule has 0 saturated carbocycles. The Morgan fingerprint density at radius 1 is 0.584 bits per heavy atom. The highest BCUT2D eigenvalue weighted by Crippen LogP contribution is 2.32. The van der Waals surface area contributed by atoms with Crippen LogP contribution in [-0.2, 0) is 42.9 Å². The fourth-order valence-corrected chi connectivity index (χ4v) is 7.47. The minimum atomic E-state index is -1.21. The van der Waals surface area contributed by atoms with E-state index in [1.165, 1.54) is 18.2 Å². The Morgan fingerprint density at radius 3 is 1.55 bits per heavy atom. The zero-order valence-electron chi connectivity index (χ0n) is 47.9. The molecule has 17 nitrogen and oxygen atoms in total. The number of carbonyl (C=O) groups excluding carboxylic acids is 5. The zero-order valence-corrected chi connectivity index (χ0v) is 47.9. The predicted octanol–water partition coefficient (Wildman–Crippen LogP) is 13.0. The van der Waals surface area contributed by atoms with Crippen molar-refractivity contribution in [2.45, 2.75) is 141 Å². The molecule has 1 aromatic heterocycles. The van der Waals surface area contributed by atoms with Crippen LogP contribution >= 0.6 is 0 Å². The number of esters is 5. The van der Waals surface area contributed by atoms with Gasteiger partial charge >= 0.3 is 29.8 Å². The van der Waals surface area contributed by atoms with Gasteiger partial charge in [-0.15, -0.1) is 0 Å². The number of nitrogens with one attached hydrogen (secondary N) is 3. The van der Waals surface area contributed by atoms with E-state index in [2.05, 4.69) is 51.7 Å². The number of nitrogens with zero attached hydrogens (tertiary/aromatic N) is 3. The molecule has 1 heterocycles. The van der Waals surface area contributed by atoms with Gasteiger partial charge in [-0.05, 0) is 94.5 Å². The van der Waals surface area contributed by atoms with Gasteiger partial charge in [0.2, 0.25) is 17.8 Å². The van der Waals surface area contributed by atoms with Gasteiger partial charge in [0, 0.05) is 29.0 Å². The lowest BCUT2D eigenvalue weighted by molar-refractivity contribution is -0.166. The Bertz CT molecular complexity index is 2580. The first-order valence-electron chi connectivity index (χ1n) is 26.8. The third kappa shape index (κ3) is 21.8. The van der Waals surface area contributed by atoms with Crippen LogP contribution in [0.1, 0.15) is 163 Å². The minimum Gasteiger partial charge on any atom is -0.507 e. The van der Waals surface area contributed by atoms with Crippen LogP contribution in [0, 0.1) is 34.0 Å². The molecule has 4 N–H and O–H groups in total. The van der Waals surface area contributed by atoms with E-state index in [1.807, 2.05) is 69.2 Å². The largest absolute Gasteiger partial charge is 0.507 e. The molecule has 0 fully saturated rings. The maximum Gasteiger partial charge on any atom is 0.345 e. The van der Waals surface area contributed by atoms with Gasteiger partial charge < -0.3 is 44.7 Å². The number of ether oxygens (including phenoxy) is 5. The maximum atomic E-state index is 13.5. The molecule has 0 aliphatic rings. The number of anilines is 6. The normalized spacial score (nSPS) is 13.2. The Balaban J connectivity index is 1.67. The molecule has 0 saturated heterocycles. The summed E-state index contributed by atoms with van der Waals surface area (Å²) >= 11 is 0. The van der Waals surface area contributed by atoms with Gasteiger partial charge in [0.15, 0.2) is 5.92 Å². The summed E-state index contributed by atoms with van der Waals surface area (Å²) in [6, 6.07) is 18.4. The van der Waals surface area contributed by atoms with Crippen LogP contribution in [-0.4, -0.2) is 82.9 Å². The number of hydrogen-bond donors (Lipinski definition) is 4. The first kappa shape index (κ1) is 62.5. The van der Waals surface area contributed by atoms with Crippen LogP contribution in [0.4, 0.5) is 34.9 Å². The van der Waals surface area contributed by atoms with Crippen LogP contribution in [0.15, 0.2) is 72.3 Å². The van der Waals surface area contributed by atoms with Crippen molar-refractivity contribution in [2.24, 2.45) is 34.0 Å². The van der Waals surface area contributed by atoms with E-state index in [0.29, 0.717) is 28.2 Å². The molecule has 4 rings (SSSR count). The third-order valence-corrected chi connectivity index (χ3v) is 11.9. The summed E-state index contributed by atoms with van der Waals surface area (Å²) in [5.74, 6) is -5.04. The number of hydrogen-bond acceptors (Lipinski definition) is 17. The number of phenolic OH excluding ortho intramolecular Hbond substituents is 1. The number of unbranched alkanes of at least 4 members (excludes halogenated alkanes) is 1. The number of benzene rings is 3. The molecular weight excluding hydrogens is 981 g/mol. The number of phenols is 1. The van der Waals surface area contributed by atoms with Gasteiger partial charge in [-0.3, -0.25) is 9.59 Å². The van der Waals surface area contributed by atoms with Crippen LogP contribution in [0.25, 0.3) is 6.08 Å². The second-order valence-electron chi connectivity index (χ2n) is 23.5. The van der Waals surface area contributed by atoms with Gasteiger partial charge in [0.05, 0.1) is 33.0 Å². The Labute approximate surface area is 456 Å².